The molecule has 0 saturated carbocycles. The van der Waals surface area contributed by atoms with Crippen molar-refractivity contribution in [2.24, 2.45) is 0 Å². The zero-order valence-corrected chi connectivity index (χ0v) is 14.6. The first-order valence-electron chi connectivity index (χ1n) is 9.00. The van der Waals surface area contributed by atoms with Gasteiger partial charge in [-0.05, 0) is 50.6 Å². The highest BCUT2D eigenvalue weighted by molar-refractivity contribution is 5.64. The summed E-state index contributed by atoms with van der Waals surface area (Å²) in [5.74, 6) is 0.687. The minimum absolute atomic E-state index is 0.631. The number of benzene rings is 1. The van der Waals surface area contributed by atoms with E-state index in [4.69, 9.17) is 4.42 Å². The Kier molecular flexibility index (Phi) is 4.61. The molecule has 1 unspecified atom stereocenters. The SMILES string of the molecule is CC1CCCCN1Cc1coc(-c2ccc(-c3ccccn3)cc2)n1. The van der Waals surface area contributed by atoms with Gasteiger partial charge in [0.05, 0.1) is 11.4 Å². The van der Waals surface area contributed by atoms with E-state index < -0.39 is 0 Å². The maximum Gasteiger partial charge on any atom is 0.226 e. The lowest BCUT2D eigenvalue weighted by Crippen LogP contribution is -2.36. The predicted octanol–water partition coefficient (Wildman–Crippen LogP) is 4.78. The predicted molar refractivity (Wildman–Crippen MR) is 98.9 cm³/mol. The monoisotopic (exact) mass is 333 g/mol. The fourth-order valence-corrected chi connectivity index (χ4v) is 3.43. The van der Waals surface area contributed by atoms with Crippen LogP contribution in [-0.4, -0.2) is 27.5 Å². The van der Waals surface area contributed by atoms with Crippen molar-refractivity contribution in [1.82, 2.24) is 14.9 Å². The van der Waals surface area contributed by atoms with Gasteiger partial charge in [0.15, 0.2) is 0 Å². The Hall–Kier alpha value is -2.46. The molecule has 2 aromatic heterocycles. The van der Waals surface area contributed by atoms with Crippen LogP contribution in [0.4, 0.5) is 0 Å². The van der Waals surface area contributed by atoms with Crippen molar-refractivity contribution in [3.63, 3.8) is 0 Å². The summed E-state index contributed by atoms with van der Waals surface area (Å²) in [7, 11) is 0. The Labute approximate surface area is 148 Å². The van der Waals surface area contributed by atoms with Gasteiger partial charge in [0, 0.05) is 29.9 Å². The Morgan fingerprint density at radius 1 is 1.08 bits per heavy atom. The quantitative estimate of drug-likeness (QED) is 0.689. The lowest BCUT2D eigenvalue weighted by molar-refractivity contribution is 0.151. The smallest absolute Gasteiger partial charge is 0.226 e. The third kappa shape index (κ3) is 3.64. The van der Waals surface area contributed by atoms with Gasteiger partial charge in [-0.15, -0.1) is 0 Å². The van der Waals surface area contributed by atoms with Crippen LogP contribution in [0.1, 0.15) is 31.9 Å². The molecule has 1 fully saturated rings. The summed E-state index contributed by atoms with van der Waals surface area (Å²) in [5, 5.41) is 0. The Balaban J connectivity index is 1.48. The van der Waals surface area contributed by atoms with Crippen LogP contribution in [0.2, 0.25) is 0 Å². The van der Waals surface area contributed by atoms with Gasteiger partial charge in [0.2, 0.25) is 5.89 Å². The molecule has 3 heterocycles. The van der Waals surface area contributed by atoms with Crippen LogP contribution in [0.5, 0.6) is 0 Å². The zero-order valence-electron chi connectivity index (χ0n) is 14.6. The van der Waals surface area contributed by atoms with Crippen LogP contribution in [0, 0.1) is 0 Å². The third-order valence-electron chi connectivity index (χ3n) is 4.95. The van der Waals surface area contributed by atoms with Gasteiger partial charge in [0.1, 0.15) is 6.26 Å². The second-order valence-corrected chi connectivity index (χ2v) is 6.75. The number of likely N-dealkylation sites (tertiary alicyclic amines) is 1. The largest absolute Gasteiger partial charge is 0.444 e. The Morgan fingerprint density at radius 2 is 1.92 bits per heavy atom. The van der Waals surface area contributed by atoms with Gasteiger partial charge < -0.3 is 4.42 Å². The van der Waals surface area contributed by atoms with Crippen molar-refractivity contribution in [2.45, 2.75) is 38.8 Å². The van der Waals surface area contributed by atoms with Crippen LogP contribution in [0.25, 0.3) is 22.7 Å². The fourth-order valence-electron chi connectivity index (χ4n) is 3.43. The number of nitrogens with zero attached hydrogens (tertiary/aromatic N) is 3. The van der Waals surface area contributed by atoms with E-state index in [0.29, 0.717) is 11.9 Å². The Morgan fingerprint density at radius 3 is 2.68 bits per heavy atom. The number of piperidine rings is 1. The van der Waals surface area contributed by atoms with Crippen LogP contribution in [-0.2, 0) is 6.54 Å². The van der Waals surface area contributed by atoms with Gasteiger partial charge in [0.25, 0.3) is 0 Å². The van der Waals surface area contributed by atoms with Crippen molar-refractivity contribution in [3.05, 3.63) is 60.6 Å². The van der Waals surface area contributed by atoms with Crippen LogP contribution in [0.15, 0.2) is 59.3 Å². The van der Waals surface area contributed by atoms with Crippen LogP contribution < -0.4 is 0 Å². The van der Waals surface area contributed by atoms with Crippen LogP contribution >= 0.6 is 0 Å². The van der Waals surface area contributed by atoms with E-state index in [-0.39, 0.29) is 0 Å². The molecule has 4 rings (SSSR count). The molecule has 0 N–H and O–H groups in total. The third-order valence-corrected chi connectivity index (χ3v) is 4.95. The van der Waals surface area contributed by atoms with Crippen molar-refractivity contribution in [2.75, 3.05) is 6.54 Å². The maximum atomic E-state index is 5.72. The maximum absolute atomic E-state index is 5.72. The molecule has 1 saturated heterocycles. The van der Waals surface area contributed by atoms with Gasteiger partial charge in [-0.25, -0.2) is 4.98 Å². The summed E-state index contributed by atoms with van der Waals surface area (Å²) in [4.78, 5) is 11.6. The molecule has 0 aliphatic carbocycles. The molecule has 1 atom stereocenters. The molecular weight excluding hydrogens is 310 g/mol. The summed E-state index contributed by atoms with van der Waals surface area (Å²) < 4.78 is 5.72. The highest BCUT2D eigenvalue weighted by Gasteiger charge is 2.19. The van der Waals surface area contributed by atoms with Crippen LogP contribution in [0.3, 0.4) is 0 Å². The molecule has 1 aromatic carbocycles. The van der Waals surface area contributed by atoms with E-state index in [1.54, 1.807) is 6.26 Å². The highest BCUT2D eigenvalue weighted by atomic mass is 16.3. The van der Waals surface area contributed by atoms with Gasteiger partial charge in [-0.3, -0.25) is 9.88 Å². The van der Waals surface area contributed by atoms with Crippen molar-refractivity contribution < 1.29 is 4.42 Å². The normalized spacial score (nSPS) is 18.4. The number of hydrogen-bond donors (Lipinski definition) is 0. The molecule has 0 bridgehead atoms. The van der Waals surface area contributed by atoms with Gasteiger partial charge in [-0.2, -0.15) is 0 Å². The molecule has 1 aliphatic rings. The van der Waals surface area contributed by atoms with E-state index in [1.165, 1.54) is 19.3 Å². The Bertz CT molecular complexity index is 811. The fraction of sp³-hybridized carbons (Fsp3) is 0.333. The van der Waals surface area contributed by atoms with Crippen molar-refractivity contribution >= 4 is 0 Å². The molecule has 0 amide bonds. The first-order valence-corrected chi connectivity index (χ1v) is 9.00. The molecule has 3 aromatic rings. The summed E-state index contributed by atoms with van der Waals surface area (Å²) >= 11 is 0. The van der Waals surface area contributed by atoms with E-state index in [2.05, 4.69) is 33.9 Å². The highest BCUT2D eigenvalue weighted by Crippen LogP contribution is 2.24. The molecular formula is C21H23N3O. The zero-order chi connectivity index (χ0) is 17.1. The van der Waals surface area contributed by atoms with E-state index in [9.17, 15) is 0 Å². The lowest BCUT2D eigenvalue weighted by Gasteiger charge is -2.32. The van der Waals surface area contributed by atoms with E-state index in [1.807, 2.05) is 36.5 Å². The lowest BCUT2D eigenvalue weighted by atomic mass is 10.0. The van der Waals surface area contributed by atoms with Crippen molar-refractivity contribution in [1.29, 1.82) is 0 Å². The molecule has 4 nitrogen and oxygen atoms in total. The van der Waals surface area contributed by atoms with Gasteiger partial charge in [-0.1, -0.05) is 24.6 Å². The average molecular weight is 333 g/mol. The number of aromatic nitrogens is 2. The first kappa shape index (κ1) is 16.0. The summed E-state index contributed by atoms with van der Waals surface area (Å²) in [6.07, 6.45) is 7.50. The number of pyridine rings is 1. The molecule has 0 radical (unpaired) electrons. The minimum Gasteiger partial charge on any atom is -0.444 e. The number of oxazole rings is 1. The summed E-state index contributed by atoms with van der Waals surface area (Å²) in [6, 6.07) is 14.8. The summed E-state index contributed by atoms with van der Waals surface area (Å²) in [5.41, 5.74) is 4.08. The molecule has 0 spiro atoms. The number of hydrogen-bond acceptors (Lipinski definition) is 4. The molecule has 128 valence electrons. The van der Waals surface area contributed by atoms with Crippen molar-refractivity contribution in [3.8, 4) is 22.7 Å². The molecule has 1 aliphatic heterocycles. The molecule has 4 heteroatoms. The topological polar surface area (TPSA) is 42.2 Å². The summed E-state index contributed by atoms with van der Waals surface area (Å²) in [6.45, 7) is 4.33. The van der Waals surface area contributed by atoms with E-state index >= 15 is 0 Å². The number of rotatable bonds is 4. The van der Waals surface area contributed by atoms with Gasteiger partial charge >= 0.3 is 0 Å². The average Bonchev–Trinajstić information content (AvgIpc) is 3.13. The minimum atomic E-state index is 0.631. The molecule has 25 heavy (non-hydrogen) atoms. The second-order valence-electron chi connectivity index (χ2n) is 6.75. The first-order chi connectivity index (χ1) is 12.3. The van der Waals surface area contributed by atoms with E-state index in [0.717, 1.165) is 35.6 Å². The standard InChI is InChI=1S/C21H23N3O/c1-16-6-3-5-13-24(16)14-19-15-25-21(23-19)18-10-8-17(9-11-18)20-7-2-4-12-22-20/h2,4,7-12,15-16H,3,5-6,13-14H2,1H3. The second kappa shape index (κ2) is 7.19.